The maximum atomic E-state index is 3.60. The van der Waals surface area contributed by atoms with Gasteiger partial charge in [0.05, 0.1) is 0 Å². The fourth-order valence-electron chi connectivity index (χ4n) is 3.33. The molecule has 2 fully saturated rings. The maximum Gasteiger partial charge on any atom is 0.0237 e. The standard InChI is InChI=1S/C17H28N4/c1-14-17(12-19-20-14)11-18-10-15-5-4-6-16(9-15)13-21-7-2-3-8-21/h4-6,9,14,17-20H,2-3,7-8,10-13H2,1H3. The van der Waals surface area contributed by atoms with Crippen molar-refractivity contribution in [3.8, 4) is 0 Å². The number of benzene rings is 1. The molecule has 2 aliphatic rings. The second-order valence-corrected chi connectivity index (χ2v) is 6.51. The Bertz CT molecular complexity index is 442. The van der Waals surface area contributed by atoms with Crippen molar-refractivity contribution in [2.45, 2.75) is 38.9 Å². The number of hydrazine groups is 1. The van der Waals surface area contributed by atoms with Crippen molar-refractivity contribution in [3.63, 3.8) is 0 Å². The van der Waals surface area contributed by atoms with Gasteiger partial charge in [-0.2, -0.15) is 0 Å². The van der Waals surface area contributed by atoms with E-state index in [4.69, 9.17) is 0 Å². The number of rotatable bonds is 6. The Morgan fingerprint density at radius 3 is 2.81 bits per heavy atom. The first-order chi connectivity index (χ1) is 10.3. The predicted octanol–water partition coefficient (Wildman–Crippen LogP) is 1.48. The third-order valence-electron chi connectivity index (χ3n) is 4.73. The van der Waals surface area contributed by atoms with Gasteiger partial charge in [-0.25, -0.2) is 0 Å². The van der Waals surface area contributed by atoms with E-state index in [0.717, 1.165) is 26.2 Å². The van der Waals surface area contributed by atoms with Crippen LogP contribution in [0.1, 0.15) is 30.9 Å². The van der Waals surface area contributed by atoms with Crippen molar-refractivity contribution in [2.24, 2.45) is 5.92 Å². The molecule has 2 saturated heterocycles. The van der Waals surface area contributed by atoms with E-state index >= 15 is 0 Å². The summed E-state index contributed by atoms with van der Waals surface area (Å²) < 4.78 is 0. The molecule has 4 nitrogen and oxygen atoms in total. The van der Waals surface area contributed by atoms with E-state index in [-0.39, 0.29) is 0 Å². The van der Waals surface area contributed by atoms with Crippen LogP contribution < -0.4 is 16.2 Å². The van der Waals surface area contributed by atoms with Crippen LogP contribution in [0, 0.1) is 5.92 Å². The van der Waals surface area contributed by atoms with Gasteiger partial charge in [-0.15, -0.1) is 0 Å². The highest BCUT2D eigenvalue weighted by molar-refractivity contribution is 5.23. The van der Waals surface area contributed by atoms with Crippen LogP contribution in [0.5, 0.6) is 0 Å². The van der Waals surface area contributed by atoms with Gasteiger partial charge in [0.15, 0.2) is 0 Å². The lowest BCUT2D eigenvalue weighted by atomic mass is 10.0. The lowest BCUT2D eigenvalue weighted by molar-refractivity contribution is 0.331. The molecule has 0 bridgehead atoms. The summed E-state index contributed by atoms with van der Waals surface area (Å²) >= 11 is 0. The summed E-state index contributed by atoms with van der Waals surface area (Å²) in [5, 5.41) is 3.60. The van der Waals surface area contributed by atoms with Gasteiger partial charge >= 0.3 is 0 Å². The molecule has 3 rings (SSSR count). The number of hydrogen-bond acceptors (Lipinski definition) is 4. The number of likely N-dealkylation sites (tertiary alicyclic amines) is 1. The third kappa shape index (κ3) is 4.27. The van der Waals surface area contributed by atoms with Gasteiger partial charge in [0.2, 0.25) is 0 Å². The lowest BCUT2D eigenvalue weighted by Crippen LogP contribution is -2.32. The van der Waals surface area contributed by atoms with E-state index in [0.29, 0.717) is 12.0 Å². The first kappa shape index (κ1) is 15.0. The molecular formula is C17H28N4. The Morgan fingerprint density at radius 1 is 1.24 bits per heavy atom. The predicted molar refractivity (Wildman–Crippen MR) is 86.8 cm³/mol. The SMILES string of the molecule is CC1NNCC1CNCc1cccc(CN2CCCC2)c1. The molecule has 2 atom stereocenters. The second-order valence-electron chi connectivity index (χ2n) is 6.51. The molecule has 1 aromatic carbocycles. The van der Waals surface area contributed by atoms with Crippen LogP contribution in [-0.2, 0) is 13.1 Å². The quantitative estimate of drug-likeness (QED) is 0.741. The molecule has 2 unspecified atom stereocenters. The maximum absolute atomic E-state index is 3.60. The minimum atomic E-state index is 0.555. The average molecular weight is 288 g/mol. The summed E-state index contributed by atoms with van der Waals surface area (Å²) in [6.45, 7) is 8.98. The normalized spacial score (nSPS) is 26.5. The molecule has 2 aliphatic heterocycles. The van der Waals surface area contributed by atoms with Gasteiger partial charge in [0.25, 0.3) is 0 Å². The van der Waals surface area contributed by atoms with Crippen LogP contribution in [-0.4, -0.2) is 37.1 Å². The molecule has 0 aliphatic carbocycles. The highest BCUT2D eigenvalue weighted by Crippen LogP contribution is 2.14. The zero-order valence-corrected chi connectivity index (χ0v) is 13.1. The first-order valence-corrected chi connectivity index (χ1v) is 8.30. The van der Waals surface area contributed by atoms with Crippen LogP contribution in [0.4, 0.5) is 0 Å². The number of nitrogens with one attached hydrogen (secondary N) is 3. The zero-order valence-electron chi connectivity index (χ0n) is 13.1. The number of hydrogen-bond donors (Lipinski definition) is 3. The van der Waals surface area contributed by atoms with Gasteiger partial charge in [0, 0.05) is 38.1 Å². The van der Waals surface area contributed by atoms with Gasteiger partial charge in [-0.05, 0) is 44.0 Å². The molecule has 2 heterocycles. The summed E-state index contributed by atoms with van der Waals surface area (Å²) in [5.74, 6) is 0.679. The molecule has 3 N–H and O–H groups in total. The van der Waals surface area contributed by atoms with Crippen molar-refractivity contribution >= 4 is 0 Å². The molecular weight excluding hydrogens is 260 g/mol. The van der Waals surface area contributed by atoms with E-state index in [9.17, 15) is 0 Å². The summed E-state index contributed by atoms with van der Waals surface area (Å²) in [4.78, 5) is 2.56. The molecule has 0 saturated carbocycles. The van der Waals surface area contributed by atoms with Gasteiger partial charge in [-0.3, -0.25) is 15.8 Å². The van der Waals surface area contributed by atoms with E-state index in [1.54, 1.807) is 0 Å². The fraction of sp³-hybridized carbons (Fsp3) is 0.647. The Morgan fingerprint density at radius 2 is 2.05 bits per heavy atom. The second kappa shape index (κ2) is 7.36. The highest BCUT2D eigenvalue weighted by Gasteiger charge is 2.21. The molecule has 0 radical (unpaired) electrons. The molecule has 21 heavy (non-hydrogen) atoms. The Hall–Kier alpha value is -0.940. The van der Waals surface area contributed by atoms with Gasteiger partial charge < -0.3 is 5.32 Å². The highest BCUT2D eigenvalue weighted by atomic mass is 15.4. The monoisotopic (exact) mass is 288 g/mol. The average Bonchev–Trinajstić information content (AvgIpc) is 3.12. The Kier molecular flexibility index (Phi) is 5.25. The van der Waals surface area contributed by atoms with Gasteiger partial charge in [-0.1, -0.05) is 24.3 Å². The topological polar surface area (TPSA) is 39.3 Å². The van der Waals surface area contributed by atoms with E-state index in [1.165, 1.54) is 37.1 Å². The largest absolute Gasteiger partial charge is 0.312 e. The van der Waals surface area contributed by atoms with E-state index < -0.39 is 0 Å². The molecule has 4 heteroatoms. The van der Waals surface area contributed by atoms with Crippen LogP contribution in [0.3, 0.4) is 0 Å². The van der Waals surface area contributed by atoms with Crippen LogP contribution in [0.2, 0.25) is 0 Å². The van der Waals surface area contributed by atoms with E-state index in [2.05, 4.69) is 52.3 Å². The molecule has 0 spiro atoms. The minimum Gasteiger partial charge on any atom is -0.312 e. The van der Waals surface area contributed by atoms with Crippen molar-refractivity contribution < 1.29 is 0 Å². The van der Waals surface area contributed by atoms with Crippen LogP contribution in [0.25, 0.3) is 0 Å². The third-order valence-corrected chi connectivity index (χ3v) is 4.73. The minimum absolute atomic E-state index is 0.555. The summed E-state index contributed by atoms with van der Waals surface area (Å²) in [7, 11) is 0. The first-order valence-electron chi connectivity index (χ1n) is 8.30. The summed E-state index contributed by atoms with van der Waals surface area (Å²) in [6, 6.07) is 9.60. The van der Waals surface area contributed by atoms with Crippen LogP contribution in [0.15, 0.2) is 24.3 Å². The zero-order chi connectivity index (χ0) is 14.5. The van der Waals surface area contributed by atoms with Crippen molar-refractivity contribution in [3.05, 3.63) is 35.4 Å². The smallest absolute Gasteiger partial charge is 0.0237 e. The molecule has 116 valence electrons. The molecule has 1 aromatic rings. The summed E-state index contributed by atoms with van der Waals surface area (Å²) in [5.41, 5.74) is 9.35. The van der Waals surface area contributed by atoms with Crippen LogP contribution >= 0.6 is 0 Å². The van der Waals surface area contributed by atoms with Crippen molar-refractivity contribution in [1.82, 2.24) is 21.1 Å². The fourth-order valence-corrected chi connectivity index (χ4v) is 3.33. The Balaban J connectivity index is 1.46. The molecule has 0 aromatic heterocycles. The van der Waals surface area contributed by atoms with Gasteiger partial charge in [0.1, 0.15) is 0 Å². The lowest BCUT2D eigenvalue weighted by Gasteiger charge is -2.16. The number of nitrogens with zero attached hydrogens (tertiary/aromatic N) is 1. The molecule has 0 amide bonds. The van der Waals surface area contributed by atoms with Crippen molar-refractivity contribution in [2.75, 3.05) is 26.2 Å². The van der Waals surface area contributed by atoms with Crippen molar-refractivity contribution in [1.29, 1.82) is 0 Å². The Labute approximate surface area is 128 Å². The summed E-state index contributed by atoms with van der Waals surface area (Å²) in [6.07, 6.45) is 2.73. The van der Waals surface area contributed by atoms with E-state index in [1.807, 2.05) is 0 Å².